The summed E-state index contributed by atoms with van der Waals surface area (Å²) in [7, 11) is 0. The van der Waals surface area contributed by atoms with E-state index in [2.05, 4.69) is 99.6 Å². The molecule has 0 fully saturated rings. The minimum absolute atomic E-state index is 0.722. The summed E-state index contributed by atoms with van der Waals surface area (Å²) in [6.45, 7) is 1.54. The van der Waals surface area contributed by atoms with Gasteiger partial charge in [0.2, 0.25) is 0 Å². The average molecular weight is 645 g/mol. The number of pyridine rings is 4. The van der Waals surface area contributed by atoms with Crippen molar-refractivity contribution < 1.29 is 0 Å². The van der Waals surface area contributed by atoms with Crippen LogP contribution in [-0.2, 0) is 0 Å². The molecular formula is C44H32N6. The first-order chi connectivity index (χ1) is 24.8. The van der Waals surface area contributed by atoms with Crippen LogP contribution in [0.5, 0.6) is 0 Å². The molecule has 0 saturated carbocycles. The van der Waals surface area contributed by atoms with Crippen molar-refractivity contribution in [3.05, 3.63) is 176 Å². The van der Waals surface area contributed by atoms with E-state index in [1.165, 1.54) is 43.8 Å². The molecule has 7 aromatic rings. The molecule has 2 aliphatic heterocycles. The van der Waals surface area contributed by atoms with Crippen molar-refractivity contribution in [2.75, 3.05) is 13.1 Å². The first-order valence-electron chi connectivity index (χ1n) is 16.8. The highest BCUT2D eigenvalue weighted by Crippen LogP contribution is 2.42. The molecule has 6 heteroatoms. The van der Waals surface area contributed by atoms with E-state index in [0.29, 0.717) is 0 Å². The monoisotopic (exact) mass is 644 g/mol. The van der Waals surface area contributed by atoms with Gasteiger partial charge in [0.25, 0.3) is 0 Å². The molecule has 6 heterocycles. The fourth-order valence-corrected chi connectivity index (χ4v) is 7.14. The second-order valence-corrected chi connectivity index (χ2v) is 12.5. The Morgan fingerprint density at radius 3 is 1.64 bits per heavy atom. The van der Waals surface area contributed by atoms with E-state index in [0.717, 1.165) is 57.6 Å². The molecule has 3 aromatic carbocycles. The number of dihydropyridines is 2. The molecule has 0 atom stereocenters. The second kappa shape index (κ2) is 12.7. The zero-order valence-electron chi connectivity index (χ0n) is 27.2. The quantitative estimate of drug-likeness (QED) is 0.176. The number of nitrogens with zero attached hydrogens (tertiary/aromatic N) is 4. The Labute approximate surface area is 290 Å². The highest BCUT2D eigenvalue weighted by atomic mass is 14.8. The van der Waals surface area contributed by atoms with Gasteiger partial charge in [0.05, 0.1) is 0 Å². The minimum atomic E-state index is 0.722. The lowest BCUT2D eigenvalue weighted by Crippen LogP contribution is -2.17. The van der Waals surface area contributed by atoms with Crippen molar-refractivity contribution >= 4 is 27.1 Å². The third kappa shape index (κ3) is 5.43. The summed E-state index contributed by atoms with van der Waals surface area (Å²) in [5.41, 5.74) is 13.5. The lowest BCUT2D eigenvalue weighted by Gasteiger charge is -2.22. The number of nitrogens with one attached hydrogen (secondary N) is 2. The van der Waals surface area contributed by atoms with Crippen LogP contribution in [0.15, 0.2) is 170 Å². The van der Waals surface area contributed by atoms with Gasteiger partial charge in [-0.3, -0.25) is 19.9 Å². The van der Waals surface area contributed by atoms with Crippen LogP contribution < -0.4 is 10.6 Å². The third-order valence-corrected chi connectivity index (χ3v) is 9.52. The first-order valence-corrected chi connectivity index (χ1v) is 16.8. The van der Waals surface area contributed by atoms with Crippen molar-refractivity contribution in [1.82, 2.24) is 30.6 Å². The predicted molar refractivity (Wildman–Crippen MR) is 204 cm³/mol. The predicted octanol–water partition coefficient (Wildman–Crippen LogP) is 9.15. The number of fused-ring (bicyclic) bond motifs is 2. The van der Waals surface area contributed by atoms with Crippen LogP contribution in [0.3, 0.4) is 0 Å². The first kappa shape index (κ1) is 29.5. The number of allylic oxidation sites excluding steroid dienone is 4. The van der Waals surface area contributed by atoms with Gasteiger partial charge < -0.3 is 10.6 Å². The van der Waals surface area contributed by atoms with Gasteiger partial charge in [-0.2, -0.15) is 0 Å². The molecule has 0 radical (unpaired) electrons. The molecule has 2 N–H and O–H groups in total. The van der Waals surface area contributed by atoms with Crippen molar-refractivity contribution in [3.63, 3.8) is 0 Å². The SMILES string of the molecule is C1=CC(C2=CNCC(c3c4cccc(-c5cncc(-c6ccncc6)c5)c4cc4c(-c5cncc(-c6ccncc6)c5)cccc34)=C2)=CCN1. The summed E-state index contributed by atoms with van der Waals surface area (Å²) in [6.07, 6.45) is 25.9. The van der Waals surface area contributed by atoms with Gasteiger partial charge in [-0.15, -0.1) is 0 Å². The van der Waals surface area contributed by atoms with Gasteiger partial charge in [0.15, 0.2) is 0 Å². The molecule has 0 spiro atoms. The van der Waals surface area contributed by atoms with Gasteiger partial charge >= 0.3 is 0 Å². The zero-order valence-corrected chi connectivity index (χ0v) is 27.2. The zero-order chi connectivity index (χ0) is 33.3. The summed E-state index contributed by atoms with van der Waals surface area (Å²) in [6, 6.07) is 28.2. The molecule has 0 bridgehead atoms. The van der Waals surface area contributed by atoms with E-state index in [1.807, 2.05) is 80.0 Å². The molecule has 4 aromatic heterocycles. The standard InChI is InChI=1S/C44H32N6/c1-3-38(35-19-32(23-48-26-35)29-7-13-45-14-8-29)42-22-43-39(36-20-33(24-49-27-36)30-9-15-46-16-10-30)4-2-6-41(43)44(40(42)5-1)37-21-34(25-50-28-37)31-11-17-47-18-12-31/h1-17,19-27,47,50H,18,28H2. The van der Waals surface area contributed by atoms with Crippen LogP contribution in [0.1, 0.15) is 5.56 Å². The number of aromatic nitrogens is 4. The van der Waals surface area contributed by atoms with E-state index < -0.39 is 0 Å². The summed E-state index contributed by atoms with van der Waals surface area (Å²) in [4.78, 5) is 17.8. The highest BCUT2D eigenvalue weighted by Gasteiger charge is 2.20. The van der Waals surface area contributed by atoms with Crippen LogP contribution in [0, 0.1) is 0 Å². The lowest BCUT2D eigenvalue weighted by atomic mass is 9.85. The Balaban J connectivity index is 1.30. The van der Waals surface area contributed by atoms with E-state index in [4.69, 9.17) is 9.97 Å². The molecule has 0 unspecified atom stereocenters. The van der Waals surface area contributed by atoms with E-state index in [-0.39, 0.29) is 0 Å². The van der Waals surface area contributed by atoms with Crippen LogP contribution in [0.2, 0.25) is 0 Å². The number of hydrogen-bond donors (Lipinski definition) is 2. The van der Waals surface area contributed by atoms with Crippen LogP contribution in [-0.4, -0.2) is 33.0 Å². The van der Waals surface area contributed by atoms with Crippen molar-refractivity contribution in [3.8, 4) is 44.5 Å². The summed E-state index contributed by atoms with van der Waals surface area (Å²) >= 11 is 0. The summed E-state index contributed by atoms with van der Waals surface area (Å²) in [5, 5.41) is 11.6. The van der Waals surface area contributed by atoms with E-state index >= 15 is 0 Å². The molecule has 0 amide bonds. The Morgan fingerprint density at radius 1 is 0.500 bits per heavy atom. The molecule has 50 heavy (non-hydrogen) atoms. The van der Waals surface area contributed by atoms with Crippen molar-refractivity contribution in [2.24, 2.45) is 0 Å². The van der Waals surface area contributed by atoms with Crippen molar-refractivity contribution in [2.45, 2.75) is 0 Å². The Bertz CT molecular complexity index is 2390. The van der Waals surface area contributed by atoms with Gasteiger partial charge in [-0.05, 0) is 127 Å². The van der Waals surface area contributed by atoms with Gasteiger partial charge in [-0.25, -0.2) is 0 Å². The van der Waals surface area contributed by atoms with Crippen molar-refractivity contribution in [1.29, 1.82) is 0 Å². The average Bonchev–Trinajstić information content (AvgIpc) is 3.20. The minimum Gasteiger partial charge on any atom is -0.387 e. The van der Waals surface area contributed by atoms with Gasteiger partial charge in [-0.1, -0.05) is 42.5 Å². The maximum Gasteiger partial charge on any atom is 0.0402 e. The highest BCUT2D eigenvalue weighted by molar-refractivity contribution is 6.16. The number of benzene rings is 3. The third-order valence-electron chi connectivity index (χ3n) is 9.52. The lowest BCUT2D eigenvalue weighted by molar-refractivity contribution is 0.947. The Morgan fingerprint density at radius 2 is 1.08 bits per heavy atom. The fourth-order valence-electron chi connectivity index (χ4n) is 7.14. The van der Waals surface area contributed by atoms with Gasteiger partial charge in [0, 0.05) is 91.1 Å². The molecule has 0 saturated heterocycles. The van der Waals surface area contributed by atoms with Crippen LogP contribution in [0.4, 0.5) is 0 Å². The largest absolute Gasteiger partial charge is 0.387 e. The van der Waals surface area contributed by atoms with E-state index in [9.17, 15) is 0 Å². The van der Waals surface area contributed by atoms with Crippen LogP contribution >= 0.6 is 0 Å². The maximum absolute atomic E-state index is 4.70. The number of rotatable bonds is 6. The summed E-state index contributed by atoms with van der Waals surface area (Å²) in [5.74, 6) is 0. The normalized spacial score (nSPS) is 14.0. The van der Waals surface area contributed by atoms with Crippen LogP contribution in [0.25, 0.3) is 71.6 Å². The molecule has 2 aliphatic rings. The van der Waals surface area contributed by atoms with Gasteiger partial charge in [0.1, 0.15) is 0 Å². The molecule has 238 valence electrons. The topological polar surface area (TPSA) is 75.6 Å². The molecule has 6 nitrogen and oxygen atoms in total. The van der Waals surface area contributed by atoms with E-state index in [1.54, 1.807) is 0 Å². The number of hydrogen-bond acceptors (Lipinski definition) is 6. The maximum atomic E-state index is 4.70. The Kier molecular flexibility index (Phi) is 7.52. The molecular weight excluding hydrogens is 613 g/mol. The molecule has 0 aliphatic carbocycles. The second-order valence-electron chi connectivity index (χ2n) is 12.5. The molecule has 9 rings (SSSR count). The fraction of sp³-hybridized carbons (Fsp3) is 0.0455. The Hall–Kier alpha value is -6.66. The summed E-state index contributed by atoms with van der Waals surface area (Å²) < 4.78 is 0. The smallest absolute Gasteiger partial charge is 0.0402 e.